The summed E-state index contributed by atoms with van der Waals surface area (Å²) in [6.07, 6.45) is 1.15. The number of nitrogens with one attached hydrogen (secondary N) is 1. The minimum Gasteiger partial charge on any atom is -0.319 e. The summed E-state index contributed by atoms with van der Waals surface area (Å²) in [6.45, 7) is 0.659. The van der Waals surface area contributed by atoms with E-state index in [2.05, 4.69) is 5.32 Å². The van der Waals surface area contributed by atoms with Crippen molar-refractivity contribution in [3.05, 3.63) is 0 Å². The molecule has 0 saturated carbocycles. The molecule has 0 aliphatic heterocycles. The van der Waals surface area contributed by atoms with E-state index in [1.807, 2.05) is 0 Å². The molecule has 0 radical (unpaired) electrons. The van der Waals surface area contributed by atoms with Gasteiger partial charge in [-0.25, -0.2) is 0 Å². The summed E-state index contributed by atoms with van der Waals surface area (Å²) in [6, 6.07) is 0. The van der Waals surface area contributed by atoms with Gasteiger partial charge in [0.15, 0.2) is 0 Å². The molecule has 3 nitrogen and oxygen atoms in total. The summed E-state index contributed by atoms with van der Waals surface area (Å²) in [5.74, 6) is -0.000602. The van der Waals surface area contributed by atoms with Gasteiger partial charge in [0.05, 0.1) is 6.42 Å². The van der Waals surface area contributed by atoms with Gasteiger partial charge in [-0.15, -0.1) is 0 Å². The van der Waals surface area contributed by atoms with Crippen molar-refractivity contribution >= 4 is 12.1 Å². The third-order valence-electron chi connectivity index (χ3n) is 0.965. The molecule has 0 rings (SSSR count). The Labute approximate surface area is 54.4 Å². The molecule has 0 atom stereocenters. The number of hydrogen-bond acceptors (Lipinski definition) is 3. The minimum atomic E-state index is -0.000602. The average molecular weight is 129 g/mol. The molecule has 9 heavy (non-hydrogen) atoms. The lowest BCUT2D eigenvalue weighted by Gasteiger charge is -1.93. The highest BCUT2D eigenvalue weighted by Gasteiger charge is 1.96. The number of carbonyl (C=O) groups excluding carboxylic acids is 2. The molecule has 0 aliphatic carbocycles. The van der Waals surface area contributed by atoms with E-state index in [0.717, 1.165) is 0 Å². The largest absolute Gasteiger partial charge is 0.319 e. The first-order chi connectivity index (χ1) is 4.31. The van der Waals surface area contributed by atoms with Gasteiger partial charge in [-0.05, 0) is 7.05 Å². The molecule has 1 N–H and O–H groups in total. The lowest BCUT2D eigenvalue weighted by Crippen LogP contribution is -2.12. The van der Waals surface area contributed by atoms with E-state index >= 15 is 0 Å². The molecule has 0 unspecified atom stereocenters. The molecule has 0 aromatic rings. The van der Waals surface area contributed by atoms with Crippen molar-refractivity contribution in [2.24, 2.45) is 0 Å². The standard InChI is InChI=1S/C6H11NO2/c1-7-4-2-6(9)3-5-8/h5,7H,2-4H2,1H3. The summed E-state index contributed by atoms with van der Waals surface area (Å²) < 4.78 is 0. The van der Waals surface area contributed by atoms with Crippen LogP contribution in [0.5, 0.6) is 0 Å². The summed E-state index contributed by atoms with van der Waals surface area (Å²) in [5, 5.41) is 2.82. The second kappa shape index (κ2) is 5.44. The van der Waals surface area contributed by atoms with Crippen LogP contribution >= 0.6 is 0 Å². The minimum absolute atomic E-state index is 0.000602. The third-order valence-corrected chi connectivity index (χ3v) is 0.965. The number of ketones is 1. The van der Waals surface area contributed by atoms with Crippen LogP contribution in [0.25, 0.3) is 0 Å². The number of carbonyl (C=O) groups is 2. The van der Waals surface area contributed by atoms with E-state index in [1.165, 1.54) is 0 Å². The molecule has 0 bridgehead atoms. The molecule has 0 aromatic heterocycles. The zero-order valence-corrected chi connectivity index (χ0v) is 5.52. The number of aldehydes is 1. The molecule has 0 aliphatic rings. The zero-order valence-electron chi connectivity index (χ0n) is 5.52. The van der Waals surface area contributed by atoms with Gasteiger partial charge in [0.25, 0.3) is 0 Å². The quantitative estimate of drug-likeness (QED) is 0.411. The first-order valence-corrected chi connectivity index (χ1v) is 2.91. The smallest absolute Gasteiger partial charge is 0.141 e. The maximum Gasteiger partial charge on any atom is 0.141 e. The number of hydrogen-bond donors (Lipinski definition) is 1. The summed E-state index contributed by atoms with van der Waals surface area (Å²) in [4.78, 5) is 20.3. The molecule has 0 aromatic carbocycles. The molecule has 0 amide bonds. The molecule has 0 fully saturated rings. The molecular formula is C6H11NO2. The van der Waals surface area contributed by atoms with Gasteiger partial charge in [0.2, 0.25) is 0 Å². The zero-order chi connectivity index (χ0) is 7.11. The Hall–Kier alpha value is -0.700. The van der Waals surface area contributed by atoms with Crippen LogP contribution in [-0.2, 0) is 9.59 Å². The van der Waals surface area contributed by atoms with Crippen LogP contribution in [0.1, 0.15) is 12.8 Å². The van der Waals surface area contributed by atoms with Crippen LogP contribution in [0.3, 0.4) is 0 Å². The highest BCUT2D eigenvalue weighted by atomic mass is 16.1. The van der Waals surface area contributed by atoms with Gasteiger partial charge >= 0.3 is 0 Å². The highest BCUT2D eigenvalue weighted by molar-refractivity contribution is 5.89. The van der Waals surface area contributed by atoms with Crippen LogP contribution in [0.15, 0.2) is 0 Å². The summed E-state index contributed by atoms with van der Waals surface area (Å²) in [5.41, 5.74) is 0. The second-order valence-corrected chi connectivity index (χ2v) is 1.76. The van der Waals surface area contributed by atoms with Gasteiger partial charge in [0, 0.05) is 13.0 Å². The van der Waals surface area contributed by atoms with Crippen molar-refractivity contribution in [2.75, 3.05) is 13.6 Å². The molecule has 0 spiro atoms. The predicted molar refractivity (Wildman–Crippen MR) is 34.2 cm³/mol. The van der Waals surface area contributed by atoms with Gasteiger partial charge in [0.1, 0.15) is 12.1 Å². The van der Waals surface area contributed by atoms with E-state index in [9.17, 15) is 9.59 Å². The van der Waals surface area contributed by atoms with Crippen LogP contribution in [0, 0.1) is 0 Å². The first kappa shape index (κ1) is 8.30. The van der Waals surface area contributed by atoms with E-state index in [4.69, 9.17) is 0 Å². The molecule has 0 saturated heterocycles. The summed E-state index contributed by atoms with van der Waals surface area (Å²) >= 11 is 0. The SMILES string of the molecule is CNCCC(=O)CC=O. The maximum atomic E-state index is 10.5. The van der Waals surface area contributed by atoms with Crippen molar-refractivity contribution in [1.29, 1.82) is 0 Å². The Morgan fingerprint density at radius 3 is 2.78 bits per heavy atom. The van der Waals surface area contributed by atoms with Crippen molar-refractivity contribution in [3.63, 3.8) is 0 Å². The van der Waals surface area contributed by atoms with Crippen LogP contribution in [0.2, 0.25) is 0 Å². The maximum absolute atomic E-state index is 10.5. The second-order valence-electron chi connectivity index (χ2n) is 1.76. The Kier molecular flexibility index (Phi) is 5.01. The first-order valence-electron chi connectivity index (χ1n) is 2.91. The fourth-order valence-corrected chi connectivity index (χ4v) is 0.459. The molecule has 0 heterocycles. The van der Waals surface area contributed by atoms with Gasteiger partial charge in [-0.3, -0.25) is 4.79 Å². The van der Waals surface area contributed by atoms with Gasteiger partial charge in [-0.2, -0.15) is 0 Å². The Morgan fingerprint density at radius 1 is 1.67 bits per heavy atom. The molecule has 52 valence electrons. The van der Waals surface area contributed by atoms with Gasteiger partial charge in [-0.1, -0.05) is 0 Å². The van der Waals surface area contributed by atoms with Crippen LogP contribution in [-0.4, -0.2) is 25.7 Å². The lowest BCUT2D eigenvalue weighted by atomic mass is 10.2. The molecular weight excluding hydrogens is 118 g/mol. The van der Waals surface area contributed by atoms with Crippen molar-refractivity contribution in [2.45, 2.75) is 12.8 Å². The fourth-order valence-electron chi connectivity index (χ4n) is 0.459. The van der Waals surface area contributed by atoms with E-state index in [-0.39, 0.29) is 12.2 Å². The Balaban J connectivity index is 3.16. The predicted octanol–water partition coefficient (Wildman–Crippen LogP) is -0.246. The van der Waals surface area contributed by atoms with E-state index < -0.39 is 0 Å². The highest BCUT2D eigenvalue weighted by Crippen LogP contribution is 1.83. The van der Waals surface area contributed by atoms with Crippen LogP contribution in [0.4, 0.5) is 0 Å². The normalized spacial score (nSPS) is 9.00. The van der Waals surface area contributed by atoms with Crippen molar-refractivity contribution < 1.29 is 9.59 Å². The topological polar surface area (TPSA) is 46.2 Å². The molecule has 3 heteroatoms. The van der Waals surface area contributed by atoms with Crippen molar-refractivity contribution in [3.8, 4) is 0 Å². The fraction of sp³-hybridized carbons (Fsp3) is 0.667. The van der Waals surface area contributed by atoms with Crippen molar-refractivity contribution in [1.82, 2.24) is 5.32 Å². The monoisotopic (exact) mass is 129 g/mol. The lowest BCUT2D eigenvalue weighted by molar-refractivity contribution is -0.122. The van der Waals surface area contributed by atoms with E-state index in [1.54, 1.807) is 7.05 Å². The average Bonchev–Trinajstić information content (AvgIpc) is 1.85. The van der Waals surface area contributed by atoms with Crippen LogP contribution < -0.4 is 5.32 Å². The Bertz CT molecular complexity index is 101. The number of Topliss-reactive ketones (excluding diaryl/α,β-unsaturated/α-hetero) is 1. The summed E-state index contributed by atoms with van der Waals surface area (Å²) in [7, 11) is 1.77. The number of rotatable bonds is 5. The third kappa shape index (κ3) is 5.17. The van der Waals surface area contributed by atoms with E-state index in [0.29, 0.717) is 19.3 Å². The Morgan fingerprint density at radius 2 is 2.33 bits per heavy atom. The van der Waals surface area contributed by atoms with Gasteiger partial charge < -0.3 is 10.1 Å².